The van der Waals surface area contributed by atoms with Crippen LogP contribution in [-0.2, 0) is 0 Å². The molecule has 0 saturated carbocycles. The van der Waals surface area contributed by atoms with E-state index in [0.717, 1.165) is 30.5 Å². The predicted octanol–water partition coefficient (Wildman–Crippen LogP) is 3.89. The zero-order valence-electron chi connectivity index (χ0n) is 13.6. The lowest BCUT2D eigenvalue weighted by Gasteiger charge is -2.30. The van der Waals surface area contributed by atoms with Crippen LogP contribution in [0.25, 0.3) is 0 Å². The zero-order valence-corrected chi connectivity index (χ0v) is 13.6. The molecule has 21 heavy (non-hydrogen) atoms. The topological polar surface area (TPSA) is 29.3 Å². The molecule has 1 aromatic carbocycles. The van der Waals surface area contributed by atoms with Crippen molar-refractivity contribution in [1.29, 1.82) is 0 Å². The fourth-order valence-electron chi connectivity index (χ4n) is 3.49. The molecule has 2 nitrogen and oxygen atoms in total. The van der Waals surface area contributed by atoms with Gasteiger partial charge in [-0.25, -0.2) is 4.39 Å². The van der Waals surface area contributed by atoms with Crippen LogP contribution in [0.5, 0.6) is 0 Å². The zero-order chi connectivity index (χ0) is 15.4. The van der Waals surface area contributed by atoms with Crippen LogP contribution in [-0.4, -0.2) is 24.5 Å². The minimum absolute atomic E-state index is 0.134. The standard InChI is InChI=1S/C18H29FN2/c1-13(2)15-5-4-9-21(10-8-15)18(12-20)16-6-7-17(19)14(3)11-16/h6-7,11,13,15,18H,4-5,8-10,12,20H2,1-3H3. The van der Waals surface area contributed by atoms with Crippen molar-refractivity contribution in [2.75, 3.05) is 19.6 Å². The summed E-state index contributed by atoms with van der Waals surface area (Å²) in [5.74, 6) is 1.45. The molecule has 2 rings (SSSR count). The number of benzene rings is 1. The van der Waals surface area contributed by atoms with Crippen molar-refractivity contribution in [2.45, 2.75) is 46.1 Å². The summed E-state index contributed by atoms with van der Waals surface area (Å²) in [6, 6.07) is 5.64. The van der Waals surface area contributed by atoms with Gasteiger partial charge in [-0.05, 0) is 68.3 Å². The molecule has 1 aliphatic rings. The molecule has 1 saturated heterocycles. The highest BCUT2D eigenvalue weighted by molar-refractivity contribution is 5.27. The summed E-state index contributed by atoms with van der Waals surface area (Å²) < 4.78 is 13.5. The van der Waals surface area contributed by atoms with Gasteiger partial charge in [-0.1, -0.05) is 26.0 Å². The first-order chi connectivity index (χ1) is 10.0. The first kappa shape index (κ1) is 16.4. The smallest absolute Gasteiger partial charge is 0.126 e. The van der Waals surface area contributed by atoms with Gasteiger partial charge >= 0.3 is 0 Å². The third-order valence-electron chi connectivity index (χ3n) is 4.98. The Kier molecular flexibility index (Phi) is 5.77. The molecular formula is C18H29FN2. The van der Waals surface area contributed by atoms with Gasteiger partial charge in [0.2, 0.25) is 0 Å². The number of hydrogen-bond donors (Lipinski definition) is 1. The molecule has 2 atom stereocenters. The van der Waals surface area contributed by atoms with Crippen molar-refractivity contribution < 1.29 is 4.39 Å². The molecule has 1 aromatic rings. The second kappa shape index (κ2) is 7.37. The summed E-state index contributed by atoms with van der Waals surface area (Å²) in [6.07, 6.45) is 3.79. The van der Waals surface area contributed by atoms with Gasteiger partial charge in [0.25, 0.3) is 0 Å². The molecule has 0 aromatic heterocycles. The number of halogens is 1. The molecule has 0 amide bonds. The maximum Gasteiger partial charge on any atom is 0.126 e. The molecule has 2 N–H and O–H groups in total. The molecule has 1 heterocycles. The number of hydrogen-bond acceptors (Lipinski definition) is 2. The van der Waals surface area contributed by atoms with Gasteiger partial charge in [0, 0.05) is 12.6 Å². The summed E-state index contributed by atoms with van der Waals surface area (Å²) in [7, 11) is 0. The molecule has 1 aliphatic heterocycles. The summed E-state index contributed by atoms with van der Waals surface area (Å²) in [4.78, 5) is 2.50. The lowest BCUT2D eigenvalue weighted by Crippen LogP contribution is -2.34. The van der Waals surface area contributed by atoms with Crippen LogP contribution in [0.15, 0.2) is 18.2 Å². The lowest BCUT2D eigenvalue weighted by molar-refractivity contribution is 0.204. The van der Waals surface area contributed by atoms with E-state index in [1.807, 2.05) is 19.1 Å². The third-order valence-corrected chi connectivity index (χ3v) is 4.98. The van der Waals surface area contributed by atoms with Gasteiger partial charge < -0.3 is 5.73 Å². The van der Waals surface area contributed by atoms with Gasteiger partial charge in [0.15, 0.2) is 0 Å². The van der Waals surface area contributed by atoms with E-state index >= 15 is 0 Å². The Bertz CT molecular complexity index is 459. The molecule has 0 aliphatic carbocycles. The van der Waals surface area contributed by atoms with Gasteiger partial charge in [-0.15, -0.1) is 0 Å². The number of rotatable bonds is 4. The minimum atomic E-state index is -0.134. The Labute approximate surface area is 128 Å². The average molecular weight is 292 g/mol. The first-order valence-corrected chi connectivity index (χ1v) is 8.23. The first-order valence-electron chi connectivity index (χ1n) is 8.23. The van der Waals surface area contributed by atoms with Crippen LogP contribution in [0.2, 0.25) is 0 Å². The summed E-state index contributed by atoms with van der Waals surface area (Å²) in [6.45, 7) is 9.26. The van der Waals surface area contributed by atoms with E-state index in [0.29, 0.717) is 12.1 Å². The van der Waals surface area contributed by atoms with E-state index < -0.39 is 0 Å². The molecule has 118 valence electrons. The highest BCUT2D eigenvalue weighted by Gasteiger charge is 2.25. The molecule has 1 fully saturated rings. The van der Waals surface area contributed by atoms with Gasteiger partial charge in [-0.2, -0.15) is 0 Å². The van der Waals surface area contributed by atoms with Crippen molar-refractivity contribution in [3.8, 4) is 0 Å². The highest BCUT2D eigenvalue weighted by atomic mass is 19.1. The van der Waals surface area contributed by atoms with E-state index in [2.05, 4.69) is 18.7 Å². The Morgan fingerprint density at radius 3 is 2.67 bits per heavy atom. The number of nitrogens with two attached hydrogens (primary N) is 1. The van der Waals surface area contributed by atoms with Crippen LogP contribution in [0, 0.1) is 24.6 Å². The molecule has 0 spiro atoms. The van der Waals surface area contributed by atoms with Crippen molar-refractivity contribution >= 4 is 0 Å². The largest absolute Gasteiger partial charge is 0.329 e. The second-order valence-corrected chi connectivity index (χ2v) is 6.73. The maximum atomic E-state index is 13.5. The monoisotopic (exact) mass is 292 g/mol. The Morgan fingerprint density at radius 2 is 2.05 bits per heavy atom. The SMILES string of the molecule is Cc1cc(C(CN)N2CCCC(C(C)C)CC2)ccc1F. The Morgan fingerprint density at radius 1 is 1.29 bits per heavy atom. The molecule has 0 radical (unpaired) electrons. The summed E-state index contributed by atoms with van der Waals surface area (Å²) in [5.41, 5.74) is 7.90. The van der Waals surface area contributed by atoms with Crippen molar-refractivity contribution in [2.24, 2.45) is 17.6 Å². The van der Waals surface area contributed by atoms with Crippen LogP contribution < -0.4 is 5.73 Å². The molecule has 0 bridgehead atoms. The number of likely N-dealkylation sites (tertiary alicyclic amines) is 1. The van der Waals surface area contributed by atoms with Crippen molar-refractivity contribution in [3.05, 3.63) is 35.1 Å². The minimum Gasteiger partial charge on any atom is -0.329 e. The van der Waals surface area contributed by atoms with E-state index in [4.69, 9.17) is 5.73 Å². The van der Waals surface area contributed by atoms with E-state index in [9.17, 15) is 4.39 Å². The van der Waals surface area contributed by atoms with Crippen molar-refractivity contribution in [3.63, 3.8) is 0 Å². The number of nitrogens with zero attached hydrogens (tertiary/aromatic N) is 1. The van der Waals surface area contributed by atoms with E-state index in [1.54, 1.807) is 6.07 Å². The Hall–Kier alpha value is -0.930. The van der Waals surface area contributed by atoms with Crippen LogP contribution >= 0.6 is 0 Å². The van der Waals surface area contributed by atoms with Crippen LogP contribution in [0.1, 0.15) is 50.3 Å². The lowest BCUT2D eigenvalue weighted by atomic mass is 9.89. The Balaban J connectivity index is 2.11. The molecule has 2 unspecified atom stereocenters. The average Bonchev–Trinajstić information content (AvgIpc) is 2.70. The van der Waals surface area contributed by atoms with Crippen LogP contribution in [0.3, 0.4) is 0 Å². The molecule has 3 heteroatoms. The van der Waals surface area contributed by atoms with Gasteiger partial charge in [0.1, 0.15) is 5.82 Å². The molecular weight excluding hydrogens is 263 g/mol. The van der Waals surface area contributed by atoms with Gasteiger partial charge in [0.05, 0.1) is 0 Å². The third kappa shape index (κ3) is 4.04. The normalized spacial score (nSPS) is 22.3. The fraction of sp³-hybridized carbons (Fsp3) is 0.667. The maximum absolute atomic E-state index is 13.5. The van der Waals surface area contributed by atoms with Crippen molar-refractivity contribution in [1.82, 2.24) is 4.90 Å². The predicted molar refractivity (Wildman–Crippen MR) is 86.7 cm³/mol. The quantitative estimate of drug-likeness (QED) is 0.912. The van der Waals surface area contributed by atoms with E-state index in [1.165, 1.54) is 19.3 Å². The highest BCUT2D eigenvalue weighted by Crippen LogP contribution is 2.29. The fourth-order valence-corrected chi connectivity index (χ4v) is 3.49. The van der Waals surface area contributed by atoms with Crippen LogP contribution in [0.4, 0.5) is 4.39 Å². The summed E-state index contributed by atoms with van der Waals surface area (Å²) in [5, 5.41) is 0. The number of aryl methyl sites for hydroxylation is 1. The van der Waals surface area contributed by atoms with Gasteiger partial charge in [-0.3, -0.25) is 4.90 Å². The van der Waals surface area contributed by atoms with E-state index in [-0.39, 0.29) is 11.9 Å². The summed E-state index contributed by atoms with van der Waals surface area (Å²) >= 11 is 0. The second-order valence-electron chi connectivity index (χ2n) is 6.73.